The molecule has 0 rings (SSSR count). The number of aliphatic hydroxyl groups excluding tert-OH is 1. The second kappa shape index (κ2) is 8.03. The SMILES string of the molecule is CC(CO)C(C)NCCCCC#N. The Kier molecular flexibility index (Phi) is 7.66. The van der Waals surface area contributed by atoms with Crippen LogP contribution in [0.5, 0.6) is 0 Å². The number of hydrogen-bond acceptors (Lipinski definition) is 3. The van der Waals surface area contributed by atoms with Crippen molar-refractivity contribution in [1.29, 1.82) is 5.26 Å². The molecule has 3 nitrogen and oxygen atoms in total. The van der Waals surface area contributed by atoms with Crippen LogP contribution < -0.4 is 5.32 Å². The van der Waals surface area contributed by atoms with E-state index in [1.54, 1.807) is 0 Å². The highest BCUT2D eigenvalue weighted by atomic mass is 16.3. The summed E-state index contributed by atoms with van der Waals surface area (Å²) >= 11 is 0. The zero-order valence-corrected chi connectivity index (χ0v) is 8.58. The normalized spacial score (nSPS) is 14.9. The number of unbranched alkanes of at least 4 members (excludes halogenated alkanes) is 2. The van der Waals surface area contributed by atoms with Crippen LogP contribution >= 0.6 is 0 Å². The van der Waals surface area contributed by atoms with Gasteiger partial charge in [0.05, 0.1) is 6.07 Å². The third kappa shape index (κ3) is 6.56. The standard InChI is InChI=1S/C10H20N2O/c1-9(8-13)10(2)12-7-5-3-4-6-11/h9-10,12-13H,3-5,7-8H2,1-2H3. The first-order chi connectivity index (χ1) is 6.22. The van der Waals surface area contributed by atoms with E-state index in [9.17, 15) is 0 Å². The van der Waals surface area contributed by atoms with Gasteiger partial charge in [0.15, 0.2) is 0 Å². The van der Waals surface area contributed by atoms with Crippen LogP contribution in [-0.4, -0.2) is 24.3 Å². The molecular weight excluding hydrogens is 164 g/mol. The summed E-state index contributed by atoms with van der Waals surface area (Å²) in [5.74, 6) is 0.302. The molecule has 0 aliphatic carbocycles. The van der Waals surface area contributed by atoms with Gasteiger partial charge in [-0.05, 0) is 32.2 Å². The van der Waals surface area contributed by atoms with E-state index in [1.165, 1.54) is 0 Å². The molecule has 2 atom stereocenters. The van der Waals surface area contributed by atoms with Crippen molar-refractivity contribution < 1.29 is 5.11 Å². The molecule has 0 aliphatic heterocycles. The lowest BCUT2D eigenvalue weighted by Gasteiger charge is -2.18. The molecule has 0 aromatic carbocycles. The third-order valence-electron chi connectivity index (χ3n) is 2.32. The van der Waals surface area contributed by atoms with Gasteiger partial charge in [0.1, 0.15) is 0 Å². The van der Waals surface area contributed by atoms with Crippen molar-refractivity contribution in [3.8, 4) is 6.07 Å². The second-order valence-corrected chi connectivity index (χ2v) is 3.52. The molecule has 13 heavy (non-hydrogen) atoms. The number of nitriles is 1. The molecular formula is C10H20N2O. The van der Waals surface area contributed by atoms with Crippen LogP contribution in [0.25, 0.3) is 0 Å². The Balaban J connectivity index is 3.27. The Bertz CT molecular complexity index is 153. The van der Waals surface area contributed by atoms with E-state index in [0.717, 1.165) is 19.4 Å². The zero-order chi connectivity index (χ0) is 10.1. The van der Waals surface area contributed by atoms with Crippen LogP contribution in [0.2, 0.25) is 0 Å². The minimum atomic E-state index is 0.229. The van der Waals surface area contributed by atoms with Crippen molar-refractivity contribution >= 4 is 0 Å². The molecule has 0 radical (unpaired) electrons. The second-order valence-electron chi connectivity index (χ2n) is 3.52. The number of aliphatic hydroxyl groups is 1. The Labute approximate surface area is 80.8 Å². The van der Waals surface area contributed by atoms with E-state index in [4.69, 9.17) is 10.4 Å². The zero-order valence-electron chi connectivity index (χ0n) is 8.58. The molecule has 0 aromatic rings. The molecule has 0 aromatic heterocycles. The summed E-state index contributed by atoms with van der Waals surface area (Å²) in [5, 5.41) is 20.5. The van der Waals surface area contributed by atoms with E-state index in [0.29, 0.717) is 18.4 Å². The fourth-order valence-electron chi connectivity index (χ4n) is 1.02. The first kappa shape index (κ1) is 12.4. The molecule has 2 unspecified atom stereocenters. The van der Waals surface area contributed by atoms with Gasteiger partial charge in [0.25, 0.3) is 0 Å². The maximum absolute atomic E-state index is 8.86. The molecule has 0 saturated carbocycles. The maximum atomic E-state index is 8.86. The van der Waals surface area contributed by atoms with Crippen LogP contribution in [0.15, 0.2) is 0 Å². The smallest absolute Gasteiger partial charge is 0.0621 e. The number of nitrogens with zero attached hydrogens (tertiary/aromatic N) is 1. The quantitative estimate of drug-likeness (QED) is 0.586. The van der Waals surface area contributed by atoms with Crippen LogP contribution in [0.3, 0.4) is 0 Å². The van der Waals surface area contributed by atoms with Crippen molar-refractivity contribution in [2.75, 3.05) is 13.2 Å². The third-order valence-corrected chi connectivity index (χ3v) is 2.32. The van der Waals surface area contributed by atoms with Gasteiger partial charge in [-0.3, -0.25) is 0 Å². The van der Waals surface area contributed by atoms with Crippen LogP contribution in [0.4, 0.5) is 0 Å². The van der Waals surface area contributed by atoms with Gasteiger partial charge in [-0.25, -0.2) is 0 Å². The molecule has 76 valence electrons. The topological polar surface area (TPSA) is 56.0 Å². The van der Waals surface area contributed by atoms with Crippen molar-refractivity contribution in [2.45, 2.75) is 39.2 Å². The molecule has 0 bridgehead atoms. The predicted molar refractivity (Wildman–Crippen MR) is 53.2 cm³/mol. The summed E-state index contributed by atoms with van der Waals surface area (Å²) in [7, 11) is 0. The number of rotatable bonds is 7. The van der Waals surface area contributed by atoms with Crippen molar-refractivity contribution in [3.63, 3.8) is 0 Å². The number of nitrogens with one attached hydrogen (secondary N) is 1. The van der Waals surface area contributed by atoms with Gasteiger partial charge < -0.3 is 10.4 Å². The molecule has 0 amide bonds. The lowest BCUT2D eigenvalue weighted by Crippen LogP contribution is -2.34. The number of hydrogen-bond donors (Lipinski definition) is 2. The van der Waals surface area contributed by atoms with Gasteiger partial charge in [-0.1, -0.05) is 6.92 Å². The van der Waals surface area contributed by atoms with E-state index in [2.05, 4.69) is 18.3 Å². The summed E-state index contributed by atoms with van der Waals surface area (Å²) < 4.78 is 0. The van der Waals surface area contributed by atoms with Crippen molar-refractivity contribution in [3.05, 3.63) is 0 Å². The summed E-state index contributed by atoms with van der Waals surface area (Å²) in [6.07, 6.45) is 2.64. The highest BCUT2D eigenvalue weighted by Crippen LogP contribution is 2.01. The molecule has 0 spiro atoms. The Morgan fingerprint density at radius 2 is 2.08 bits per heavy atom. The van der Waals surface area contributed by atoms with E-state index < -0.39 is 0 Å². The fourth-order valence-corrected chi connectivity index (χ4v) is 1.02. The van der Waals surface area contributed by atoms with Crippen LogP contribution in [0, 0.1) is 17.2 Å². The maximum Gasteiger partial charge on any atom is 0.0621 e. The minimum Gasteiger partial charge on any atom is -0.396 e. The molecule has 0 saturated heterocycles. The lowest BCUT2D eigenvalue weighted by molar-refractivity contribution is 0.207. The van der Waals surface area contributed by atoms with E-state index in [-0.39, 0.29) is 6.61 Å². The molecule has 0 heterocycles. The highest BCUT2D eigenvalue weighted by Gasteiger charge is 2.08. The summed E-state index contributed by atoms with van der Waals surface area (Å²) in [4.78, 5) is 0. The first-order valence-corrected chi connectivity index (χ1v) is 4.93. The molecule has 3 heteroatoms. The average Bonchev–Trinajstić information content (AvgIpc) is 2.16. The largest absolute Gasteiger partial charge is 0.396 e. The first-order valence-electron chi connectivity index (χ1n) is 4.93. The molecule has 0 aliphatic rings. The average molecular weight is 184 g/mol. The van der Waals surface area contributed by atoms with Crippen molar-refractivity contribution in [2.24, 2.45) is 5.92 Å². The van der Waals surface area contributed by atoms with E-state index in [1.807, 2.05) is 6.92 Å². The summed E-state index contributed by atoms with van der Waals surface area (Å²) in [6, 6.07) is 2.48. The van der Waals surface area contributed by atoms with Gasteiger partial charge in [-0.15, -0.1) is 0 Å². The Hall–Kier alpha value is -0.590. The lowest BCUT2D eigenvalue weighted by atomic mass is 10.1. The van der Waals surface area contributed by atoms with Gasteiger partial charge in [0, 0.05) is 19.1 Å². The summed E-state index contributed by atoms with van der Waals surface area (Å²) in [5.41, 5.74) is 0. The predicted octanol–water partition coefficient (Wildman–Crippen LogP) is 1.29. The van der Waals surface area contributed by atoms with Crippen molar-refractivity contribution in [1.82, 2.24) is 5.32 Å². The van der Waals surface area contributed by atoms with Gasteiger partial charge in [0.2, 0.25) is 0 Å². The molecule has 0 fully saturated rings. The minimum absolute atomic E-state index is 0.229. The van der Waals surface area contributed by atoms with Crippen LogP contribution in [-0.2, 0) is 0 Å². The molecule has 2 N–H and O–H groups in total. The monoisotopic (exact) mass is 184 g/mol. The summed E-state index contributed by atoms with van der Waals surface area (Å²) in [6.45, 7) is 5.26. The highest BCUT2D eigenvalue weighted by molar-refractivity contribution is 4.70. The van der Waals surface area contributed by atoms with Crippen LogP contribution in [0.1, 0.15) is 33.1 Å². The van der Waals surface area contributed by atoms with Gasteiger partial charge >= 0.3 is 0 Å². The van der Waals surface area contributed by atoms with Gasteiger partial charge in [-0.2, -0.15) is 5.26 Å². The fraction of sp³-hybridized carbons (Fsp3) is 0.900. The Morgan fingerprint density at radius 1 is 1.38 bits per heavy atom. The Morgan fingerprint density at radius 3 is 2.62 bits per heavy atom. The van der Waals surface area contributed by atoms with E-state index >= 15 is 0 Å².